The minimum Gasteiger partial charge on any atom is -0.508 e. The van der Waals surface area contributed by atoms with E-state index in [0.717, 1.165) is 50.7 Å². The van der Waals surface area contributed by atoms with Crippen molar-refractivity contribution in [3.8, 4) is 5.75 Å². The molecular formula is C26H28F3NO2. The molecule has 170 valence electrons. The van der Waals surface area contributed by atoms with E-state index in [2.05, 4.69) is 18.3 Å². The summed E-state index contributed by atoms with van der Waals surface area (Å²) in [5.74, 6) is 1.40. The van der Waals surface area contributed by atoms with Crippen LogP contribution in [0.4, 0.5) is 13.2 Å². The number of halogens is 3. The molecule has 0 unspecified atom stereocenters. The van der Waals surface area contributed by atoms with Gasteiger partial charge in [-0.15, -0.1) is 0 Å². The molecule has 32 heavy (non-hydrogen) atoms. The van der Waals surface area contributed by atoms with Gasteiger partial charge in [0.25, 0.3) is 5.91 Å². The highest BCUT2D eigenvalue weighted by atomic mass is 19.4. The van der Waals surface area contributed by atoms with Crippen LogP contribution in [0, 0.1) is 17.3 Å². The van der Waals surface area contributed by atoms with E-state index in [-0.39, 0.29) is 17.0 Å². The van der Waals surface area contributed by atoms with E-state index in [4.69, 9.17) is 0 Å². The molecule has 3 nitrogen and oxygen atoms in total. The predicted octanol–water partition coefficient (Wildman–Crippen LogP) is 6.07. The summed E-state index contributed by atoms with van der Waals surface area (Å²) in [6.45, 7) is 2.25. The van der Waals surface area contributed by atoms with Gasteiger partial charge < -0.3 is 10.4 Å². The fourth-order valence-corrected chi connectivity index (χ4v) is 6.88. The molecule has 0 saturated heterocycles. The average Bonchev–Trinajstić information content (AvgIpc) is 3.09. The maximum atomic E-state index is 13.1. The Morgan fingerprint density at radius 2 is 1.91 bits per heavy atom. The fraction of sp³-hybridized carbons (Fsp3) is 0.500. The lowest BCUT2D eigenvalue weighted by atomic mass is 9.55. The normalized spacial score (nSPS) is 31.4. The largest absolute Gasteiger partial charge is 0.508 e. The monoisotopic (exact) mass is 443 g/mol. The molecule has 0 aromatic heterocycles. The molecule has 3 aliphatic carbocycles. The van der Waals surface area contributed by atoms with Gasteiger partial charge in [0, 0.05) is 11.6 Å². The summed E-state index contributed by atoms with van der Waals surface area (Å²) < 4.78 is 39.2. The van der Waals surface area contributed by atoms with Crippen molar-refractivity contribution in [2.24, 2.45) is 17.3 Å². The van der Waals surface area contributed by atoms with E-state index in [0.29, 0.717) is 23.5 Å². The van der Waals surface area contributed by atoms with E-state index in [1.54, 1.807) is 6.07 Å². The molecule has 0 radical (unpaired) electrons. The quantitative estimate of drug-likeness (QED) is 0.592. The van der Waals surface area contributed by atoms with Gasteiger partial charge in [-0.25, -0.2) is 0 Å². The Balaban J connectivity index is 1.34. The zero-order valence-electron chi connectivity index (χ0n) is 18.1. The Labute approximate surface area is 186 Å². The average molecular weight is 444 g/mol. The van der Waals surface area contributed by atoms with Crippen LogP contribution in [0.25, 0.3) is 0 Å². The van der Waals surface area contributed by atoms with Gasteiger partial charge in [-0.05, 0) is 103 Å². The third kappa shape index (κ3) is 3.48. The smallest absolute Gasteiger partial charge is 0.416 e. The van der Waals surface area contributed by atoms with Crippen molar-refractivity contribution in [3.63, 3.8) is 0 Å². The molecule has 5 rings (SSSR count). The number of aryl methyl sites for hydroxylation is 1. The van der Waals surface area contributed by atoms with Gasteiger partial charge >= 0.3 is 6.18 Å². The maximum absolute atomic E-state index is 13.1. The second-order valence-electron chi connectivity index (χ2n) is 10.0. The summed E-state index contributed by atoms with van der Waals surface area (Å²) >= 11 is 0. The molecule has 6 heteroatoms. The number of amides is 1. The van der Waals surface area contributed by atoms with Crippen molar-refractivity contribution in [1.82, 2.24) is 5.32 Å². The molecule has 5 atom stereocenters. The number of aromatic hydroxyl groups is 1. The molecule has 3 aliphatic rings. The standard InChI is InChI=1S/C26H28F3NO2/c1-25-12-11-20-19-8-6-18(31)14-15(19)5-7-21(20)22(25)9-10-23(25)30-24(32)16-3-2-4-17(13-16)26(27,28)29/h2-4,6,8,13-14,20-23,31H,5,7,9-12H2,1H3,(H,30,32)/t20-,21-,22+,23+,25+/m1/s1. The van der Waals surface area contributed by atoms with Gasteiger partial charge in [0.15, 0.2) is 0 Å². The number of carbonyl (C=O) groups excluding carboxylic acids is 1. The number of phenolic OH excluding ortho intramolecular Hbond substituents is 1. The fourth-order valence-electron chi connectivity index (χ4n) is 6.88. The first kappa shape index (κ1) is 21.4. The van der Waals surface area contributed by atoms with Crippen molar-refractivity contribution in [2.45, 2.75) is 63.6 Å². The molecule has 2 aromatic carbocycles. The zero-order chi connectivity index (χ0) is 22.7. The summed E-state index contributed by atoms with van der Waals surface area (Å²) in [7, 11) is 0. The second kappa shape index (κ2) is 7.53. The SMILES string of the molecule is C[C@]12CC[C@@H]3c4ccc(O)cc4CC[C@H]3[C@@H]1CC[C@@H]2NC(=O)c1cccc(C(F)(F)F)c1. The van der Waals surface area contributed by atoms with Crippen molar-refractivity contribution < 1.29 is 23.1 Å². The van der Waals surface area contributed by atoms with Crippen molar-refractivity contribution >= 4 is 5.91 Å². The van der Waals surface area contributed by atoms with Crippen LogP contribution in [0.1, 0.15) is 72.0 Å². The van der Waals surface area contributed by atoms with Gasteiger partial charge in [0.2, 0.25) is 0 Å². The van der Waals surface area contributed by atoms with Crippen molar-refractivity contribution in [2.75, 3.05) is 0 Å². The number of hydrogen-bond donors (Lipinski definition) is 2. The number of fused-ring (bicyclic) bond motifs is 5. The molecule has 0 spiro atoms. The minimum absolute atomic E-state index is 0.0308. The number of benzene rings is 2. The Bertz CT molecular complexity index is 1050. The van der Waals surface area contributed by atoms with E-state index < -0.39 is 17.6 Å². The number of rotatable bonds is 2. The number of nitrogens with one attached hydrogen (secondary N) is 1. The summed E-state index contributed by atoms with van der Waals surface area (Å²) in [4.78, 5) is 12.9. The van der Waals surface area contributed by atoms with Crippen LogP contribution in [0.15, 0.2) is 42.5 Å². The van der Waals surface area contributed by atoms with Crippen molar-refractivity contribution in [3.05, 3.63) is 64.7 Å². The Morgan fingerprint density at radius 1 is 1.09 bits per heavy atom. The van der Waals surface area contributed by atoms with Crippen molar-refractivity contribution in [1.29, 1.82) is 0 Å². The molecule has 2 N–H and O–H groups in total. The van der Waals surface area contributed by atoms with Crippen LogP contribution >= 0.6 is 0 Å². The van der Waals surface area contributed by atoms with Gasteiger partial charge in [0.05, 0.1) is 5.56 Å². The van der Waals surface area contributed by atoms with Crippen LogP contribution in [0.5, 0.6) is 5.75 Å². The Kier molecular flexibility index (Phi) is 5.02. The summed E-state index contributed by atoms with van der Waals surface area (Å²) in [6.07, 6.45) is 1.47. The Hall–Kier alpha value is -2.50. The minimum atomic E-state index is -4.47. The second-order valence-corrected chi connectivity index (χ2v) is 10.0. The number of carbonyl (C=O) groups is 1. The zero-order valence-corrected chi connectivity index (χ0v) is 18.1. The number of phenols is 1. The topological polar surface area (TPSA) is 49.3 Å². The molecule has 1 amide bonds. The van der Waals surface area contributed by atoms with Crippen LogP contribution in [0.2, 0.25) is 0 Å². The van der Waals surface area contributed by atoms with Gasteiger partial charge in [0.1, 0.15) is 5.75 Å². The van der Waals surface area contributed by atoms with E-state index in [1.165, 1.54) is 23.3 Å². The lowest BCUT2D eigenvalue weighted by molar-refractivity contribution is -0.137. The summed E-state index contributed by atoms with van der Waals surface area (Å²) in [6, 6.07) is 10.4. The highest BCUT2D eigenvalue weighted by Gasteiger charge is 2.55. The van der Waals surface area contributed by atoms with Crippen LogP contribution in [-0.2, 0) is 12.6 Å². The molecule has 0 heterocycles. The molecular weight excluding hydrogens is 415 g/mol. The summed E-state index contributed by atoms with van der Waals surface area (Å²) in [5.41, 5.74) is 1.83. The first-order valence-corrected chi connectivity index (χ1v) is 11.5. The van der Waals surface area contributed by atoms with E-state index in [1.807, 2.05) is 6.07 Å². The first-order valence-electron chi connectivity index (χ1n) is 11.5. The predicted molar refractivity (Wildman–Crippen MR) is 115 cm³/mol. The number of alkyl halides is 3. The highest BCUT2D eigenvalue weighted by molar-refractivity contribution is 5.94. The van der Waals surface area contributed by atoms with Crippen LogP contribution in [-0.4, -0.2) is 17.1 Å². The van der Waals surface area contributed by atoms with Gasteiger partial charge in [-0.1, -0.05) is 19.1 Å². The van der Waals surface area contributed by atoms with E-state index in [9.17, 15) is 23.1 Å². The molecule has 0 bridgehead atoms. The maximum Gasteiger partial charge on any atom is 0.416 e. The number of hydrogen-bond acceptors (Lipinski definition) is 2. The van der Waals surface area contributed by atoms with Gasteiger partial charge in [-0.2, -0.15) is 13.2 Å². The lowest BCUT2D eigenvalue weighted by Gasteiger charge is -2.51. The summed E-state index contributed by atoms with van der Waals surface area (Å²) in [5, 5.41) is 12.9. The van der Waals surface area contributed by atoms with Crippen LogP contribution in [0.3, 0.4) is 0 Å². The molecule has 2 saturated carbocycles. The first-order chi connectivity index (χ1) is 15.2. The van der Waals surface area contributed by atoms with Gasteiger partial charge in [-0.3, -0.25) is 4.79 Å². The molecule has 2 aromatic rings. The molecule has 2 fully saturated rings. The Morgan fingerprint density at radius 3 is 2.69 bits per heavy atom. The third-order valence-electron chi connectivity index (χ3n) is 8.47. The lowest BCUT2D eigenvalue weighted by Crippen LogP contribution is -2.50. The molecule has 0 aliphatic heterocycles. The van der Waals surface area contributed by atoms with Crippen LogP contribution < -0.4 is 5.32 Å². The third-order valence-corrected chi connectivity index (χ3v) is 8.47. The van der Waals surface area contributed by atoms with E-state index >= 15 is 0 Å². The highest BCUT2D eigenvalue weighted by Crippen LogP contribution is 2.61.